The van der Waals surface area contributed by atoms with Crippen LogP contribution in [0.3, 0.4) is 0 Å². The van der Waals surface area contributed by atoms with E-state index in [2.05, 4.69) is 5.32 Å². The molecule has 1 aromatic rings. The monoisotopic (exact) mass is 303 g/mol. The molecule has 118 valence electrons. The highest BCUT2D eigenvalue weighted by Gasteiger charge is 2.31. The number of nitrogens with one attached hydrogen (secondary N) is 1. The molecule has 5 heteroatoms. The molecule has 22 heavy (non-hydrogen) atoms. The Balaban J connectivity index is 1.52. The third-order valence-corrected chi connectivity index (χ3v) is 4.67. The van der Waals surface area contributed by atoms with E-state index in [-0.39, 0.29) is 23.8 Å². The van der Waals surface area contributed by atoms with E-state index in [0.29, 0.717) is 32.3 Å². The summed E-state index contributed by atoms with van der Waals surface area (Å²) in [5.74, 6) is -0.148. The summed E-state index contributed by atoms with van der Waals surface area (Å²) in [5.41, 5.74) is 1.12. The zero-order chi connectivity index (χ0) is 15.5. The van der Waals surface area contributed by atoms with E-state index in [4.69, 9.17) is 9.84 Å². The number of carbonyl (C=O) groups excluding carboxylic acids is 1. The fraction of sp³-hybridized carbons (Fsp3) is 0.529. The number of hydrogen-bond acceptors (Lipinski definition) is 3. The molecular weight excluding hydrogens is 282 g/mol. The third kappa shape index (κ3) is 3.24. The van der Waals surface area contributed by atoms with Crippen molar-refractivity contribution in [3.63, 3.8) is 0 Å². The normalized spacial score (nSPS) is 27.4. The van der Waals surface area contributed by atoms with Gasteiger partial charge in [-0.3, -0.25) is 9.59 Å². The molecule has 1 fully saturated rings. The molecule has 0 radical (unpaired) electrons. The molecule has 1 aromatic carbocycles. The lowest BCUT2D eigenvalue weighted by Gasteiger charge is -2.30. The molecule has 0 aromatic heterocycles. The molecule has 1 aliphatic carbocycles. The lowest BCUT2D eigenvalue weighted by atomic mass is 9.81. The topological polar surface area (TPSA) is 75.6 Å². The van der Waals surface area contributed by atoms with Gasteiger partial charge < -0.3 is 15.2 Å². The second-order valence-electron chi connectivity index (χ2n) is 6.22. The summed E-state index contributed by atoms with van der Waals surface area (Å²) < 4.78 is 5.68. The summed E-state index contributed by atoms with van der Waals surface area (Å²) in [7, 11) is 0. The van der Waals surface area contributed by atoms with Crippen LogP contribution < -0.4 is 10.1 Å². The van der Waals surface area contributed by atoms with Crippen molar-refractivity contribution in [1.29, 1.82) is 0 Å². The Morgan fingerprint density at radius 1 is 1.09 bits per heavy atom. The van der Waals surface area contributed by atoms with Crippen molar-refractivity contribution in [2.45, 2.75) is 38.1 Å². The minimum absolute atomic E-state index is 0.000373. The molecule has 1 heterocycles. The second-order valence-corrected chi connectivity index (χ2v) is 6.22. The number of carboxylic acids is 1. The van der Waals surface area contributed by atoms with Crippen molar-refractivity contribution < 1.29 is 19.4 Å². The Labute approximate surface area is 129 Å². The van der Waals surface area contributed by atoms with E-state index >= 15 is 0 Å². The zero-order valence-corrected chi connectivity index (χ0v) is 12.5. The molecule has 1 saturated carbocycles. The standard InChI is InChI=1S/C17H21NO4/c19-16(11-5-7-12(8-6-11)17(20)21)18-14-9-13-3-1-2-4-15(13)22-10-14/h1-4,11-12,14H,5-10H2,(H,18,19)(H,20,21). The summed E-state index contributed by atoms with van der Waals surface area (Å²) in [6.45, 7) is 0.493. The molecule has 3 rings (SSSR count). The molecule has 1 aliphatic heterocycles. The average molecular weight is 303 g/mol. The molecule has 0 saturated heterocycles. The van der Waals surface area contributed by atoms with E-state index in [1.165, 1.54) is 0 Å². The molecule has 2 aliphatic rings. The van der Waals surface area contributed by atoms with Crippen molar-refractivity contribution in [2.24, 2.45) is 11.8 Å². The van der Waals surface area contributed by atoms with Gasteiger partial charge in [0.1, 0.15) is 12.4 Å². The number of amides is 1. The van der Waals surface area contributed by atoms with Crippen LogP contribution in [-0.2, 0) is 16.0 Å². The number of hydrogen-bond donors (Lipinski definition) is 2. The third-order valence-electron chi connectivity index (χ3n) is 4.67. The van der Waals surface area contributed by atoms with Gasteiger partial charge >= 0.3 is 5.97 Å². The van der Waals surface area contributed by atoms with Gasteiger partial charge in [-0.15, -0.1) is 0 Å². The van der Waals surface area contributed by atoms with Crippen LogP contribution in [0.15, 0.2) is 24.3 Å². The first-order valence-electron chi connectivity index (χ1n) is 7.87. The number of para-hydroxylation sites is 1. The van der Waals surface area contributed by atoms with Crippen LogP contribution in [0.5, 0.6) is 5.75 Å². The van der Waals surface area contributed by atoms with Gasteiger partial charge in [-0.25, -0.2) is 0 Å². The number of fused-ring (bicyclic) bond motifs is 1. The molecule has 1 atom stereocenters. The highest BCUT2D eigenvalue weighted by molar-refractivity contribution is 5.79. The molecule has 1 unspecified atom stereocenters. The van der Waals surface area contributed by atoms with Crippen molar-refractivity contribution >= 4 is 11.9 Å². The summed E-state index contributed by atoms with van der Waals surface area (Å²) in [6, 6.07) is 7.88. The van der Waals surface area contributed by atoms with E-state index < -0.39 is 5.97 Å². The maximum Gasteiger partial charge on any atom is 0.306 e. The van der Waals surface area contributed by atoms with Crippen LogP contribution >= 0.6 is 0 Å². The SMILES string of the molecule is O=C(O)C1CCC(C(=O)NC2COc3ccccc3C2)CC1. The van der Waals surface area contributed by atoms with E-state index in [9.17, 15) is 9.59 Å². The largest absolute Gasteiger partial charge is 0.491 e. The molecule has 1 amide bonds. The average Bonchev–Trinajstić information content (AvgIpc) is 2.55. The number of rotatable bonds is 3. The highest BCUT2D eigenvalue weighted by Crippen LogP contribution is 2.29. The molecule has 0 spiro atoms. The maximum atomic E-state index is 12.3. The van der Waals surface area contributed by atoms with Crippen molar-refractivity contribution in [2.75, 3.05) is 6.61 Å². The second kappa shape index (κ2) is 6.38. The van der Waals surface area contributed by atoms with Crippen LogP contribution in [0.4, 0.5) is 0 Å². The van der Waals surface area contributed by atoms with Crippen molar-refractivity contribution in [3.05, 3.63) is 29.8 Å². The molecule has 0 bridgehead atoms. The lowest BCUT2D eigenvalue weighted by Crippen LogP contribution is -2.45. The number of carbonyl (C=O) groups is 2. The highest BCUT2D eigenvalue weighted by atomic mass is 16.5. The summed E-state index contributed by atoms with van der Waals surface area (Å²) in [4.78, 5) is 23.3. The fourth-order valence-electron chi connectivity index (χ4n) is 3.34. The van der Waals surface area contributed by atoms with Crippen LogP contribution in [0.2, 0.25) is 0 Å². The maximum absolute atomic E-state index is 12.3. The molecule has 2 N–H and O–H groups in total. The predicted octanol–water partition coefficient (Wildman–Crippen LogP) is 2.00. The van der Waals surface area contributed by atoms with Gasteiger partial charge in [0.15, 0.2) is 0 Å². The summed E-state index contributed by atoms with van der Waals surface area (Å²) in [6.07, 6.45) is 3.29. The van der Waals surface area contributed by atoms with Gasteiger partial charge in [0.05, 0.1) is 12.0 Å². The number of carboxylic acid groups (broad SMARTS) is 1. The first-order valence-corrected chi connectivity index (χ1v) is 7.87. The summed E-state index contributed by atoms with van der Waals surface area (Å²) >= 11 is 0. The minimum atomic E-state index is -0.740. The van der Waals surface area contributed by atoms with E-state index in [1.54, 1.807) is 0 Å². The first-order chi connectivity index (χ1) is 10.6. The predicted molar refractivity (Wildman–Crippen MR) is 80.7 cm³/mol. The number of aliphatic carboxylic acids is 1. The molecule has 5 nitrogen and oxygen atoms in total. The van der Waals surface area contributed by atoms with Gasteiger partial charge in [0, 0.05) is 5.92 Å². The van der Waals surface area contributed by atoms with Crippen molar-refractivity contribution in [1.82, 2.24) is 5.32 Å². The van der Waals surface area contributed by atoms with Crippen molar-refractivity contribution in [3.8, 4) is 5.75 Å². The van der Waals surface area contributed by atoms with Crippen LogP contribution in [0.1, 0.15) is 31.2 Å². The lowest BCUT2D eigenvalue weighted by molar-refractivity contribution is -0.144. The van der Waals surface area contributed by atoms with Gasteiger partial charge in [0.25, 0.3) is 0 Å². The van der Waals surface area contributed by atoms with E-state index in [0.717, 1.165) is 17.7 Å². The Hall–Kier alpha value is -2.04. The van der Waals surface area contributed by atoms with Gasteiger partial charge in [-0.05, 0) is 43.7 Å². The Morgan fingerprint density at radius 3 is 2.50 bits per heavy atom. The van der Waals surface area contributed by atoms with Gasteiger partial charge in [-0.2, -0.15) is 0 Å². The Kier molecular flexibility index (Phi) is 4.32. The van der Waals surface area contributed by atoms with Gasteiger partial charge in [-0.1, -0.05) is 18.2 Å². The number of ether oxygens (including phenoxy) is 1. The smallest absolute Gasteiger partial charge is 0.306 e. The minimum Gasteiger partial charge on any atom is -0.491 e. The fourth-order valence-corrected chi connectivity index (χ4v) is 3.34. The summed E-state index contributed by atoms with van der Waals surface area (Å²) in [5, 5.41) is 12.1. The Morgan fingerprint density at radius 2 is 1.77 bits per heavy atom. The zero-order valence-electron chi connectivity index (χ0n) is 12.5. The van der Waals surface area contributed by atoms with Crippen LogP contribution in [-0.4, -0.2) is 29.6 Å². The quantitative estimate of drug-likeness (QED) is 0.895. The Bertz CT molecular complexity index is 564. The molecular formula is C17H21NO4. The number of benzene rings is 1. The first kappa shape index (κ1) is 14.9. The van der Waals surface area contributed by atoms with Crippen LogP contribution in [0, 0.1) is 11.8 Å². The van der Waals surface area contributed by atoms with Gasteiger partial charge in [0.2, 0.25) is 5.91 Å². The van der Waals surface area contributed by atoms with Crippen LogP contribution in [0.25, 0.3) is 0 Å². The van der Waals surface area contributed by atoms with E-state index in [1.807, 2.05) is 24.3 Å².